The van der Waals surface area contributed by atoms with Crippen LogP contribution >= 0.6 is 0 Å². The molecule has 1 N–H and O–H groups in total. The predicted octanol–water partition coefficient (Wildman–Crippen LogP) is 2.08. The highest BCUT2D eigenvalue weighted by Gasteiger charge is 2.20. The van der Waals surface area contributed by atoms with Crippen LogP contribution in [0.2, 0.25) is 0 Å². The number of carboxylic acid groups (broad SMARTS) is 1. The largest absolute Gasteiger partial charge is 0.481 e. The van der Waals surface area contributed by atoms with Gasteiger partial charge >= 0.3 is 5.97 Å². The van der Waals surface area contributed by atoms with E-state index >= 15 is 0 Å². The molecule has 0 saturated carbocycles. The number of hydrogen-bond acceptors (Lipinski definition) is 2. The van der Waals surface area contributed by atoms with E-state index in [2.05, 4.69) is 0 Å². The number of rotatable bonds is 6. The van der Waals surface area contributed by atoms with E-state index in [1.165, 1.54) is 17.0 Å². The molecule has 1 aromatic carbocycles. The first-order chi connectivity index (χ1) is 8.93. The number of carboxylic acids is 1. The molecule has 0 radical (unpaired) electrons. The van der Waals surface area contributed by atoms with E-state index in [4.69, 9.17) is 5.11 Å². The Balaban J connectivity index is 2.68. The molecule has 0 heterocycles. The Kier molecular flexibility index (Phi) is 5.48. The van der Waals surface area contributed by atoms with Gasteiger partial charge in [-0.3, -0.25) is 9.59 Å². The molecule has 0 fully saturated rings. The molecular weight excluding hydrogens is 249 g/mol. The van der Waals surface area contributed by atoms with E-state index < -0.39 is 5.97 Å². The summed E-state index contributed by atoms with van der Waals surface area (Å²) in [5, 5.41) is 8.75. The maximum atomic E-state index is 12.8. The van der Waals surface area contributed by atoms with Gasteiger partial charge in [-0.2, -0.15) is 0 Å². The smallest absolute Gasteiger partial charge is 0.305 e. The number of amides is 1. The van der Waals surface area contributed by atoms with Gasteiger partial charge in [-0.25, -0.2) is 4.39 Å². The van der Waals surface area contributed by atoms with Crippen LogP contribution in [0.1, 0.15) is 25.8 Å². The first-order valence-corrected chi connectivity index (χ1v) is 6.19. The summed E-state index contributed by atoms with van der Waals surface area (Å²) in [4.78, 5) is 24.3. The zero-order valence-electron chi connectivity index (χ0n) is 11.1. The lowest BCUT2D eigenvalue weighted by atomic mass is 10.1. The second kappa shape index (κ2) is 6.87. The predicted molar refractivity (Wildman–Crippen MR) is 69.2 cm³/mol. The van der Waals surface area contributed by atoms with Gasteiger partial charge in [0.25, 0.3) is 0 Å². The first kappa shape index (κ1) is 15.1. The summed E-state index contributed by atoms with van der Waals surface area (Å²) in [7, 11) is 0. The Morgan fingerprint density at radius 3 is 2.37 bits per heavy atom. The number of benzene rings is 1. The average Bonchev–Trinajstić information content (AvgIpc) is 2.32. The average molecular weight is 267 g/mol. The standard InChI is InChI=1S/C14H18FNO3/c1-3-16(10(2)8-14(18)19)13(17)9-11-4-6-12(15)7-5-11/h4-7,10H,3,8-9H2,1-2H3,(H,18,19). The number of hydrogen-bond donors (Lipinski definition) is 1. The van der Waals surface area contributed by atoms with Crippen molar-refractivity contribution in [2.45, 2.75) is 32.7 Å². The summed E-state index contributed by atoms with van der Waals surface area (Å²) in [5.41, 5.74) is 0.715. The van der Waals surface area contributed by atoms with Crippen LogP contribution in [0.3, 0.4) is 0 Å². The van der Waals surface area contributed by atoms with Crippen LogP contribution in [0.4, 0.5) is 4.39 Å². The van der Waals surface area contributed by atoms with Crippen molar-refractivity contribution in [1.29, 1.82) is 0 Å². The monoisotopic (exact) mass is 267 g/mol. The second-order valence-electron chi connectivity index (χ2n) is 4.43. The summed E-state index contributed by atoms with van der Waals surface area (Å²) < 4.78 is 12.8. The van der Waals surface area contributed by atoms with E-state index in [9.17, 15) is 14.0 Å². The normalized spacial score (nSPS) is 11.9. The van der Waals surface area contributed by atoms with Crippen LogP contribution < -0.4 is 0 Å². The van der Waals surface area contributed by atoms with Crippen LogP contribution in [0.25, 0.3) is 0 Å². The third-order valence-electron chi connectivity index (χ3n) is 2.93. The van der Waals surface area contributed by atoms with Crippen molar-refractivity contribution in [3.63, 3.8) is 0 Å². The van der Waals surface area contributed by atoms with Gasteiger partial charge in [0.15, 0.2) is 0 Å². The lowest BCUT2D eigenvalue weighted by Gasteiger charge is -2.27. The first-order valence-electron chi connectivity index (χ1n) is 6.19. The number of halogens is 1. The SMILES string of the molecule is CCN(C(=O)Cc1ccc(F)cc1)C(C)CC(=O)O. The zero-order chi connectivity index (χ0) is 14.4. The molecule has 1 rings (SSSR count). The Hall–Kier alpha value is -1.91. The van der Waals surface area contributed by atoms with Gasteiger partial charge in [0.2, 0.25) is 5.91 Å². The Labute approximate surface area is 111 Å². The highest BCUT2D eigenvalue weighted by molar-refractivity contribution is 5.79. The molecule has 0 spiro atoms. The molecule has 1 aromatic rings. The topological polar surface area (TPSA) is 57.6 Å². The van der Waals surface area contributed by atoms with Gasteiger partial charge in [0, 0.05) is 12.6 Å². The van der Waals surface area contributed by atoms with Gasteiger partial charge in [-0.05, 0) is 31.5 Å². The van der Waals surface area contributed by atoms with Gasteiger partial charge in [0.05, 0.1) is 12.8 Å². The van der Waals surface area contributed by atoms with E-state index in [1.807, 2.05) is 0 Å². The van der Waals surface area contributed by atoms with Crippen molar-refractivity contribution in [1.82, 2.24) is 4.90 Å². The molecule has 1 atom stereocenters. The minimum absolute atomic E-state index is 0.0804. The number of carbonyl (C=O) groups is 2. The summed E-state index contributed by atoms with van der Waals surface area (Å²) in [6, 6.07) is 5.38. The zero-order valence-corrected chi connectivity index (χ0v) is 11.1. The molecule has 0 aliphatic heterocycles. The maximum Gasteiger partial charge on any atom is 0.305 e. The molecule has 19 heavy (non-hydrogen) atoms. The molecule has 104 valence electrons. The van der Waals surface area contributed by atoms with Gasteiger partial charge in [0.1, 0.15) is 5.82 Å². The van der Waals surface area contributed by atoms with E-state index in [0.717, 1.165) is 0 Å². The van der Waals surface area contributed by atoms with Crippen molar-refractivity contribution in [2.75, 3.05) is 6.54 Å². The molecule has 0 saturated heterocycles. The lowest BCUT2D eigenvalue weighted by molar-refractivity contribution is -0.140. The van der Waals surface area contributed by atoms with Crippen LogP contribution in [-0.2, 0) is 16.0 Å². The molecule has 0 aliphatic rings. The molecule has 4 nitrogen and oxygen atoms in total. The molecule has 0 aromatic heterocycles. The summed E-state index contributed by atoms with van der Waals surface area (Å²) in [5.74, 6) is -1.42. The minimum atomic E-state index is -0.930. The van der Waals surface area contributed by atoms with Crippen LogP contribution in [-0.4, -0.2) is 34.5 Å². The minimum Gasteiger partial charge on any atom is -0.481 e. The fraction of sp³-hybridized carbons (Fsp3) is 0.429. The van der Waals surface area contributed by atoms with Crippen molar-refractivity contribution in [3.05, 3.63) is 35.6 Å². The second-order valence-corrected chi connectivity index (χ2v) is 4.43. The summed E-state index contributed by atoms with van der Waals surface area (Å²) in [6.07, 6.45) is 0.0705. The maximum absolute atomic E-state index is 12.8. The molecule has 1 amide bonds. The Morgan fingerprint density at radius 1 is 1.32 bits per heavy atom. The van der Waals surface area contributed by atoms with E-state index in [0.29, 0.717) is 12.1 Å². The van der Waals surface area contributed by atoms with Crippen molar-refractivity contribution in [2.24, 2.45) is 0 Å². The van der Waals surface area contributed by atoms with Crippen LogP contribution in [0.5, 0.6) is 0 Å². The molecule has 0 bridgehead atoms. The van der Waals surface area contributed by atoms with Gasteiger partial charge in [-0.1, -0.05) is 12.1 Å². The van der Waals surface area contributed by atoms with E-state index in [-0.39, 0.29) is 30.6 Å². The number of carbonyl (C=O) groups excluding carboxylic acids is 1. The lowest BCUT2D eigenvalue weighted by Crippen LogP contribution is -2.40. The van der Waals surface area contributed by atoms with Gasteiger partial charge in [-0.15, -0.1) is 0 Å². The molecular formula is C14H18FNO3. The van der Waals surface area contributed by atoms with E-state index in [1.54, 1.807) is 26.0 Å². The number of nitrogens with zero attached hydrogens (tertiary/aromatic N) is 1. The summed E-state index contributed by atoms with van der Waals surface area (Å²) >= 11 is 0. The van der Waals surface area contributed by atoms with Crippen LogP contribution in [0.15, 0.2) is 24.3 Å². The molecule has 0 aliphatic carbocycles. The third-order valence-corrected chi connectivity index (χ3v) is 2.93. The number of likely N-dealkylation sites (N-methyl/N-ethyl adjacent to an activating group) is 1. The van der Waals surface area contributed by atoms with Crippen molar-refractivity contribution >= 4 is 11.9 Å². The molecule has 5 heteroatoms. The fourth-order valence-electron chi connectivity index (χ4n) is 1.98. The van der Waals surface area contributed by atoms with Crippen LogP contribution in [0, 0.1) is 5.82 Å². The summed E-state index contributed by atoms with van der Waals surface area (Å²) in [6.45, 7) is 3.97. The van der Waals surface area contributed by atoms with Crippen molar-refractivity contribution < 1.29 is 19.1 Å². The van der Waals surface area contributed by atoms with Gasteiger partial charge < -0.3 is 10.0 Å². The highest BCUT2D eigenvalue weighted by Crippen LogP contribution is 2.09. The van der Waals surface area contributed by atoms with Crippen molar-refractivity contribution in [3.8, 4) is 0 Å². The molecule has 1 unspecified atom stereocenters. The third kappa shape index (κ3) is 4.69. The quantitative estimate of drug-likeness (QED) is 0.858. The fourth-order valence-corrected chi connectivity index (χ4v) is 1.98. The Morgan fingerprint density at radius 2 is 1.89 bits per heavy atom. The highest BCUT2D eigenvalue weighted by atomic mass is 19.1. The number of aliphatic carboxylic acids is 1. The Bertz CT molecular complexity index is 445.